The summed E-state index contributed by atoms with van der Waals surface area (Å²) in [5.41, 5.74) is 0. The van der Waals surface area contributed by atoms with Crippen LogP contribution >= 0.6 is 23.5 Å². The molecule has 0 aliphatic heterocycles. The van der Waals surface area contributed by atoms with Gasteiger partial charge in [0.15, 0.2) is 0 Å². The van der Waals surface area contributed by atoms with Gasteiger partial charge in [-0.15, -0.1) is 23.5 Å². The van der Waals surface area contributed by atoms with Gasteiger partial charge >= 0.3 is 11.9 Å². The fourth-order valence-corrected chi connectivity index (χ4v) is 4.93. The second-order valence-electron chi connectivity index (χ2n) is 4.32. The van der Waals surface area contributed by atoms with Crippen LogP contribution in [0.25, 0.3) is 0 Å². The van der Waals surface area contributed by atoms with Crippen molar-refractivity contribution in [1.29, 1.82) is 0 Å². The Kier molecular flexibility index (Phi) is 5.66. The summed E-state index contributed by atoms with van der Waals surface area (Å²) >= 11 is 2.81. The monoisotopic (exact) mass is 278 g/mol. The average molecular weight is 278 g/mol. The van der Waals surface area contributed by atoms with Crippen LogP contribution in [0.15, 0.2) is 0 Å². The molecule has 1 fully saturated rings. The standard InChI is InChI=1S/C11H18O4S2/c1-8-4-2-3-5-11(8,16-6-9(12)13)17-7-10(14)15/h8H,2-7H2,1H3,(H,12,13)(H,14,15). The maximum Gasteiger partial charge on any atom is 0.313 e. The molecule has 0 aromatic heterocycles. The third kappa shape index (κ3) is 4.43. The Bertz CT molecular complexity index is 275. The van der Waals surface area contributed by atoms with E-state index in [0.717, 1.165) is 25.7 Å². The van der Waals surface area contributed by atoms with Crippen LogP contribution in [0.2, 0.25) is 0 Å². The van der Waals surface area contributed by atoms with E-state index in [1.807, 2.05) is 0 Å². The molecular formula is C11H18O4S2. The van der Waals surface area contributed by atoms with E-state index in [2.05, 4.69) is 6.92 Å². The number of hydrogen-bond acceptors (Lipinski definition) is 4. The summed E-state index contributed by atoms with van der Waals surface area (Å²) in [6.45, 7) is 2.10. The lowest BCUT2D eigenvalue weighted by molar-refractivity contribution is -0.134. The molecule has 0 spiro atoms. The molecule has 1 aliphatic carbocycles. The van der Waals surface area contributed by atoms with Gasteiger partial charge in [0, 0.05) is 0 Å². The molecule has 0 heterocycles. The lowest BCUT2D eigenvalue weighted by Crippen LogP contribution is -2.34. The fraction of sp³-hybridized carbons (Fsp3) is 0.818. The topological polar surface area (TPSA) is 74.6 Å². The van der Waals surface area contributed by atoms with Crippen molar-refractivity contribution in [1.82, 2.24) is 0 Å². The normalized spacial score (nSPS) is 23.2. The second kappa shape index (κ2) is 6.54. The zero-order valence-corrected chi connectivity index (χ0v) is 11.5. The quantitative estimate of drug-likeness (QED) is 0.727. The lowest BCUT2D eigenvalue weighted by atomic mass is 9.90. The molecular weight excluding hydrogens is 260 g/mol. The Labute approximate surface area is 110 Å². The molecule has 2 N–H and O–H groups in total. The van der Waals surface area contributed by atoms with Gasteiger partial charge in [-0.05, 0) is 18.8 Å². The number of thioether (sulfide) groups is 2. The van der Waals surface area contributed by atoms with E-state index in [-0.39, 0.29) is 15.6 Å². The highest BCUT2D eigenvalue weighted by molar-refractivity contribution is 8.18. The SMILES string of the molecule is CC1CCCCC1(SCC(=O)O)SCC(=O)O. The molecule has 0 aromatic carbocycles. The molecule has 0 radical (unpaired) electrons. The Morgan fingerprint density at radius 1 is 1.18 bits per heavy atom. The summed E-state index contributed by atoms with van der Waals surface area (Å²) in [4.78, 5) is 21.4. The van der Waals surface area contributed by atoms with Gasteiger partial charge in [0.25, 0.3) is 0 Å². The Balaban J connectivity index is 2.67. The van der Waals surface area contributed by atoms with Crippen LogP contribution in [0.3, 0.4) is 0 Å². The van der Waals surface area contributed by atoms with Crippen molar-refractivity contribution in [3.63, 3.8) is 0 Å². The van der Waals surface area contributed by atoms with Crippen molar-refractivity contribution in [2.45, 2.75) is 36.7 Å². The number of carboxylic acids is 2. The number of carboxylic acid groups (broad SMARTS) is 2. The zero-order valence-electron chi connectivity index (χ0n) is 9.85. The Hall–Kier alpha value is -0.360. The highest BCUT2D eigenvalue weighted by Gasteiger charge is 2.40. The van der Waals surface area contributed by atoms with Gasteiger partial charge in [-0.25, -0.2) is 0 Å². The fourth-order valence-electron chi connectivity index (χ4n) is 2.13. The van der Waals surface area contributed by atoms with Crippen LogP contribution in [0, 0.1) is 5.92 Å². The van der Waals surface area contributed by atoms with Crippen LogP contribution in [0.1, 0.15) is 32.6 Å². The minimum atomic E-state index is -0.830. The molecule has 1 saturated carbocycles. The summed E-state index contributed by atoms with van der Waals surface area (Å²) in [6, 6.07) is 0. The summed E-state index contributed by atoms with van der Waals surface area (Å²) in [5.74, 6) is -1.19. The first-order chi connectivity index (χ1) is 7.96. The van der Waals surface area contributed by atoms with Crippen LogP contribution < -0.4 is 0 Å². The summed E-state index contributed by atoms with van der Waals surface area (Å²) in [6.07, 6.45) is 4.18. The molecule has 4 nitrogen and oxygen atoms in total. The average Bonchev–Trinajstić information content (AvgIpc) is 2.26. The Morgan fingerprint density at radius 2 is 1.71 bits per heavy atom. The molecule has 0 amide bonds. The molecule has 0 saturated heterocycles. The van der Waals surface area contributed by atoms with Crippen molar-refractivity contribution in [3.05, 3.63) is 0 Å². The van der Waals surface area contributed by atoms with Crippen molar-refractivity contribution >= 4 is 35.5 Å². The van der Waals surface area contributed by atoms with Crippen LogP contribution in [-0.2, 0) is 9.59 Å². The van der Waals surface area contributed by atoms with E-state index < -0.39 is 11.9 Å². The highest BCUT2D eigenvalue weighted by Crippen LogP contribution is 2.51. The van der Waals surface area contributed by atoms with E-state index in [9.17, 15) is 9.59 Å². The van der Waals surface area contributed by atoms with E-state index in [1.54, 1.807) is 0 Å². The van der Waals surface area contributed by atoms with Crippen molar-refractivity contribution in [2.24, 2.45) is 5.92 Å². The van der Waals surface area contributed by atoms with E-state index >= 15 is 0 Å². The van der Waals surface area contributed by atoms with E-state index in [0.29, 0.717) is 5.92 Å². The van der Waals surface area contributed by atoms with Crippen LogP contribution in [0.4, 0.5) is 0 Å². The molecule has 0 bridgehead atoms. The van der Waals surface area contributed by atoms with Gasteiger partial charge in [-0.2, -0.15) is 0 Å². The Morgan fingerprint density at radius 3 is 2.12 bits per heavy atom. The maximum atomic E-state index is 10.7. The van der Waals surface area contributed by atoms with Gasteiger partial charge in [0.1, 0.15) is 0 Å². The molecule has 0 aromatic rings. The molecule has 98 valence electrons. The number of carbonyl (C=O) groups is 2. The van der Waals surface area contributed by atoms with E-state index in [4.69, 9.17) is 10.2 Å². The van der Waals surface area contributed by atoms with Gasteiger partial charge in [0.2, 0.25) is 0 Å². The smallest absolute Gasteiger partial charge is 0.313 e. The minimum absolute atomic E-state index is 0.0525. The zero-order chi connectivity index (χ0) is 12.9. The van der Waals surface area contributed by atoms with Crippen LogP contribution in [-0.4, -0.2) is 37.7 Å². The third-order valence-corrected chi connectivity index (χ3v) is 6.72. The molecule has 17 heavy (non-hydrogen) atoms. The molecule has 6 heteroatoms. The summed E-state index contributed by atoms with van der Waals surface area (Å²) in [5, 5.41) is 17.6. The highest BCUT2D eigenvalue weighted by atomic mass is 32.2. The number of hydrogen-bond donors (Lipinski definition) is 2. The lowest BCUT2D eigenvalue weighted by Gasteiger charge is -2.41. The van der Waals surface area contributed by atoms with Crippen LogP contribution in [0.5, 0.6) is 0 Å². The molecule has 1 rings (SSSR count). The van der Waals surface area contributed by atoms with Gasteiger partial charge in [0.05, 0.1) is 15.6 Å². The van der Waals surface area contributed by atoms with Crippen molar-refractivity contribution in [3.8, 4) is 0 Å². The predicted molar refractivity (Wildman–Crippen MR) is 70.6 cm³/mol. The summed E-state index contributed by atoms with van der Waals surface area (Å²) in [7, 11) is 0. The molecule has 1 unspecified atom stereocenters. The van der Waals surface area contributed by atoms with Crippen molar-refractivity contribution < 1.29 is 19.8 Å². The third-order valence-electron chi connectivity index (χ3n) is 3.04. The van der Waals surface area contributed by atoms with Gasteiger partial charge < -0.3 is 10.2 Å². The predicted octanol–water partition coefficient (Wildman–Crippen LogP) is 2.53. The second-order valence-corrected chi connectivity index (χ2v) is 7.19. The van der Waals surface area contributed by atoms with E-state index in [1.165, 1.54) is 23.5 Å². The largest absolute Gasteiger partial charge is 0.481 e. The van der Waals surface area contributed by atoms with Gasteiger partial charge in [-0.1, -0.05) is 19.8 Å². The molecule has 1 atom stereocenters. The first kappa shape index (κ1) is 14.7. The van der Waals surface area contributed by atoms with Gasteiger partial charge in [-0.3, -0.25) is 9.59 Å². The first-order valence-corrected chi connectivity index (χ1v) is 7.65. The van der Waals surface area contributed by atoms with Crippen molar-refractivity contribution in [2.75, 3.05) is 11.5 Å². The number of rotatable bonds is 6. The molecule has 1 aliphatic rings. The number of aliphatic carboxylic acids is 2. The maximum absolute atomic E-state index is 10.7. The summed E-state index contributed by atoms with van der Waals surface area (Å²) < 4.78 is -0.227. The first-order valence-electron chi connectivity index (χ1n) is 5.68. The minimum Gasteiger partial charge on any atom is -0.481 e.